The second kappa shape index (κ2) is 11.1. The largest absolute Gasteiger partial charge is 0.465 e. The van der Waals surface area contributed by atoms with E-state index in [1.54, 1.807) is 24.3 Å². The molecule has 178 valence electrons. The number of methoxy groups -OCH3 is 1. The number of benzene rings is 2. The molecule has 1 aliphatic rings. The Morgan fingerprint density at radius 2 is 1.68 bits per heavy atom. The number of hydrogen-bond acceptors (Lipinski definition) is 6. The molecule has 6 nitrogen and oxygen atoms in total. The number of esters is 1. The molecule has 2 aromatic carbocycles. The van der Waals surface area contributed by atoms with Gasteiger partial charge in [0.2, 0.25) is 5.91 Å². The smallest absolute Gasteiger partial charge is 0.341 e. The van der Waals surface area contributed by atoms with Crippen molar-refractivity contribution in [2.24, 2.45) is 0 Å². The molecule has 0 saturated carbocycles. The number of halogens is 2. The molecule has 1 N–H and O–H groups in total. The van der Waals surface area contributed by atoms with Gasteiger partial charge < -0.3 is 10.1 Å². The Morgan fingerprint density at radius 1 is 1.03 bits per heavy atom. The van der Waals surface area contributed by atoms with Crippen molar-refractivity contribution in [2.45, 2.75) is 6.54 Å². The first-order chi connectivity index (χ1) is 16.4. The Kier molecular flexibility index (Phi) is 7.95. The lowest BCUT2D eigenvalue weighted by Gasteiger charge is -2.34. The number of anilines is 1. The topological polar surface area (TPSA) is 61.9 Å². The van der Waals surface area contributed by atoms with Gasteiger partial charge in [0.15, 0.2) is 0 Å². The van der Waals surface area contributed by atoms with Crippen LogP contribution < -0.4 is 5.32 Å². The van der Waals surface area contributed by atoms with Gasteiger partial charge in [-0.2, -0.15) is 0 Å². The molecular formula is C25H25ClFN3O3S. The number of carbonyl (C=O) groups is 2. The first-order valence-electron chi connectivity index (χ1n) is 10.9. The molecule has 0 bridgehead atoms. The summed E-state index contributed by atoms with van der Waals surface area (Å²) in [6.45, 7) is 4.12. The molecule has 0 spiro atoms. The van der Waals surface area contributed by atoms with Crippen LogP contribution in [-0.4, -0.2) is 61.5 Å². The molecule has 0 aliphatic carbocycles. The minimum Gasteiger partial charge on any atom is -0.465 e. The third-order valence-electron chi connectivity index (χ3n) is 5.74. The van der Waals surface area contributed by atoms with Gasteiger partial charge in [-0.1, -0.05) is 35.9 Å². The van der Waals surface area contributed by atoms with Crippen LogP contribution in [0.3, 0.4) is 0 Å². The fourth-order valence-electron chi connectivity index (χ4n) is 3.92. The van der Waals surface area contributed by atoms with Crippen molar-refractivity contribution in [3.8, 4) is 11.1 Å². The van der Waals surface area contributed by atoms with Crippen molar-refractivity contribution in [3.05, 3.63) is 75.9 Å². The van der Waals surface area contributed by atoms with E-state index >= 15 is 0 Å². The van der Waals surface area contributed by atoms with E-state index in [0.717, 1.165) is 43.9 Å². The number of thiophene rings is 1. The summed E-state index contributed by atoms with van der Waals surface area (Å²) in [4.78, 5) is 29.6. The number of piperazine rings is 1. The fraction of sp³-hybridized carbons (Fsp3) is 0.280. The number of amides is 1. The van der Waals surface area contributed by atoms with Gasteiger partial charge in [0.1, 0.15) is 16.4 Å². The van der Waals surface area contributed by atoms with Crippen LogP contribution in [0.4, 0.5) is 9.39 Å². The number of hydrogen-bond donors (Lipinski definition) is 1. The van der Waals surface area contributed by atoms with Crippen molar-refractivity contribution in [3.63, 3.8) is 0 Å². The van der Waals surface area contributed by atoms with Crippen molar-refractivity contribution in [1.29, 1.82) is 0 Å². The maximum absolute atomic E-state index is 13.1. The Hall–Kier alpha value is -2.78. The maximum Gasteiger partial charge on any atom is 0.341 e. The average Bonchev–Trinajstić information content (AvgIpc) is 3.25. The van der Waals surface area contributed by atoms with Crippen molar-refractivity contribution in [1.82, 2.24) is 9.80 Å². The minimum atomic E-state index is -0.504. The molecule has 0 radical (unpaired) electrons. The quantitative estimate of drug-likeness (QED) is 0.473. The van der Waals surface area contributed by atoms with Gasteiger partial charge >= 0.3 is 5.97 Å². The van der Waals surface area contributed by atoms with Crippen LogP contribution in [0.25, 0.3) is 11.1 Å². The zero-order valence-corrected chi connectivity index (χ0v) is 20.3. The monoisotopic (exact) mass is 501 g/mol. The van der Waals surface area contributed by atoms with E-state index in [9.17, 15) is 14.0 Å². The number of carbonyl (C=O) groups excluding carboxylic acids is 2. The lowest BCUT2D eigenvalue weighted by molar-refractivity contribution is -0.117. The summed E-state index contributed by atoms with van der Waals surface area (Å²) in [5.74, 6) is -0.918. The lowest BCUT2D eigenvalue weighted by atomic mass is 10.0. The van der Waals surface area contributed by atoms with Crippen molar-refractivity contribution in [2.75, 3.05) is 45.2 Å². The van der Waals surface area contributed by atoms with Gasteiger partial charge in [-0.05, 0) is 35.4 Å². The van der Waals surface area contributed by atoms with Crippen LogP contribution in [0, 0.1) is 5.82 Å². The Balaban J connectivity index is 1.35. The van der Waals surface area contributed by atoms with E-state index in [1.165, 1.54) is 30.6 Å². The minimum absolute atomic E-state index is 0.179. The van der Waals surface area contributed by atoms with Crippen molar-refractivity contribution < 1.29 is 18.7 Å². The van der Waals surface area contributed by atoms with E-state index in [1.807, 2.05) is 17.5 Å². The predicted molar refractivity (Wildman–Crippen MR) is 133 cm³/mol. The van der Waals surface area contributed by atoms with Crippen LogP contribution in [0.1, 0.15) is 15.9 Å². The standard InChI is InChI=1S/C25H25ClFN3O3S/c1-33-25(32)23-21(18-4-6-19(26)7-5-18)16-34-24(23)28-22(31)15-30-12-10-29(11-13-30)14-17-2-8-20(27)9-3-17/h2-9,16H,10-15H2,1H3,(H,28,31). The van der Waals surface area contributed by atoms with Crippen LogP contribution in [-0.2, 0) is 16.1 Å². The summed E-state index contributed by atoms with van der Waals surface area (Å²) >= 11 is 7.28. The first kappa shape index (κ1) is 24.3. The van der Waals surface area contributed by atoms with Gasteiger partial charge in [0.25, 0.3) is 0 Å². The van der Waals surface area contributed by atoms with Gasteiger partial charge in [0, 0.05) is 48.7 Å². The summed E-state index contributed by atoms with van der Waals surface area (Å²) in [5.41, 5.74) is 2.92. The fourth-order valence-corrected chi connectivity index (χ4v) is 5.02. The molecule has 2 heterocycles. The number of rotatable bonds is 7. The van der Waals surface area contributed by atoms with Gasteiger partial charge in [-0.25, -0.2) is 9.18 Å². The third-order valence-corrected chi connectivity index (χ3v) is 6.89. The SMILES string of the molecule is COC(=O)c1c(-c2ccc(Cl)cc2)csc1NC(=O)CN1CCN(Cc2ccc(F)cc2)CC1. The normalized spacial score (nSPS) is 14.7. The second-order valence-electron chi connectivity index (χ2n) is 8.08. The summed E-state index contributed by atoms with van der Waals surface area (Å²) in [6.07, 6.45) is 0. The average molecular weight is 502 g/mol. The predicted octanol–water partition coefficient (Wildman–Crippen LogP) is 4.75. The maximum atomic E-state index is 13.1. The van der Waals surface area contributed by atoms with Crippen LogP contribution >= 0.6 is 22.9 Å². The van der Waals surface area contributed by atoms with Crippen LogP contribution in [0.15, 0.2) is 53.9 Å². The zero-order chi connectivity index (χ0) is 24.1. The number of ether oxygens (including phenoxy) is 1. The van der Waals surface area contributed by atoms with Gasteiger partial charge in [0.05, 0.1) is 13.7 Å². The molecule has 1 amide bonds. The highest BCUT2D eigenvalue weighted by Crippen LogP contribution is 2.36. The Bertz CT molecular complexity index is 1140. The molecule has 34 heavy (non-hydrogen) atoms. The third kappa shape index (κ3) is 6.01. The molecule has 9 heteroatoms. The summed E-state index contributed by atoms with van der Waals surface area (Å²) in [7, 11) is 1.32. The van der Waals surface area contributed by atoms with E-state index in [2.05, 4.69) is 15.1 Å². The summed E-state index contributed by atoms with van der Waals surface area (Å²) < 4.78 is 18.1. The highest BCUT2D eigenvalue weighted by Gasteiger charge is 2.24. The summed E-state index contributed by atoms with van der Waals surface area (Å²) in [6, 6.07) is 13.7. The van der Waals surface area contributed by atoms with Gasteiger partial charge in [-0.15, -0.1) is 11.3 Å². The van der Waals surface area contributed by atoms with E-state index in [-0.39, 0.29) is 18.3 Å². The molecular weight excluding hydrogens is 477 g/mol. The number of nitrogens with one attached hydrogen (secondary N) is 1. The molecule has 1 saturated heterocycles. The van der Waals surface area contributed by atoms with Crippen LogP contribution in [0.5, 0.6) is 0 Å². The van der Waals surface area contributed by atoms with E-state index in [0.29, 0.717) is 21.2 Å². The molecule has 4 rings (SSSR count). The summed E-state index contributed by atoms with van der Waals surface area (Å²) in [5, 5.41) is 5.80. The van der Waals surface area contributed by atoms with Crippen LogP contribution in [0.2, 0.25) is 5.02 Å². The number of nitrogens with zero attached hydrogens (tertiary/aromatic N) is 2. The second-order valence-corrected chi connectivity index (χ2v) is 9.40. The zero-order valence-electron chi connectivity index (χ0n) is 18.7. The highest BCUT2D eigenvalue weighted by atomic mass is 35.5. The molecule has 3 aromatic rings. The molecule has 1 fully saturated rings. The highest BCUT2D eigenvalue weighted by molar-refractivity contribution is 7.15. The molecule has 0 unspecified atom stereocenters. The first-order valence-corrected chi connectivity index (χ1v) is 12.1. The Morgan fingerprint density at radius 3 is 2.32 bits per heavy atom. The van der Waals surface area contributed by atoms with E-state index < -0.39 is 5.97 Å². The molecule has 0 atom stereocenters. The lowest BCUT2D eigenvalue weighted by Crippen LogP contribution is -2.48. The Labute approximate surface area is 206 Å². The molecule has 1 aromatic heterocycles. The van der Waals surface area contributed by atoms with Gasteiger partial charge in [-0.3, -0.25) is 14.6 Å². The molecule has 1 aliphatic heterocycles. The van der Waals surface area contributed by atoms with E-state index in [4.69, 9.17) is 16.3 Å². The van der Waals surface area contributed by atoms with Crippen molar-refractivity contribution >= 4 is 39.8 Å².